The monoisotopic (exact) mass is 373 g/mol. The van der Waals surface area contributed by atoms with Gasteiger partial charge >= 0.3 is 5.97 Å². The van der Waals surface area contributed by atoms with Crippen molar-refractivity contribution in [3.8, 4) is 5.75 Å². The molecule has 1 aliphatic carbocycles. The maximum atomic E-state index is 12.6. The van der Waals surface area contributed by atoms with E-state index in [1.165, 1.54) is 16.2 Å². The van der Waals surface area contributed by atoms with Crippen LogP contribution in [0, 0.1) is 0 Å². The smallest absolute Gasteiger partial charge is 0.341 e. The van der Waals surface area contributed by atoms with E-state index < -0.39 is 0 Å². The second-order valence-corrected chi connectivity index (χ2v) is 7.53. The van der Waals surface area contributed by atoms with Gasteiger partial charge in [0.1, 0.15) is 10.8 Å². The Labute approximate surface area is 157 Å². The Hall–Kier alpha value is -2.34. The van der Waals surface area contributed by atoms with Gasteiger partial charge in [-0.3, -0.25) is 4.79 Å². The molecule has 0 atom stereocenters. The molecule has 0 bridgehead atoms. The van der Waals surface area contributed by atoms with Crippen LogP contribution in [-0.4, -0.2) is 24.6 Å². The third-order valence-corrected chi connectivity index (χ3v) is 5.32. The number of thiophene rings is 1. The molecule has 0 unspecified atom stereocenters. The molecule has 0 saturated carbocycles. The SMILES string of the molecule is CCOC(=O)c1c(NC(=O)c2ccc(OC(C)C)cc2)sc2c1CCC2. The molecule has 0 fully saturated rings. The lowest BCUT2D eigenvalue weighted by Gasteiger charge is -2.10. The Kier molecular flexibility index (Phi) is 5.61. The van der Waals surface area contributed by atoms with Crippen LogP contribution >= 0.6 is 11.3 Å². The van der Waals surface area contributed by atoms with Crippen LogP contribution in [0.2, 0.25) is 0 Å². The predicted molar refractivity (Wildman–Crippen MR) is 102 cm³/mol. The van der Waals surface area contributed by atoms with Gasteiger partial charge in [-0.1, -0.05) is 0 Å². The van der Waals surface area contributed by atoms with E-state index in [2.05, 4.69) is 5.32 Å². The first-order valence-corrected chi connectivity index (χ1v) is 9.71. The second kappa shape index (κ2) is 7.91. The van der Waals surface area contributed by atoms with Crippen LogP contribution in [-0.2, 0) is 17.6 Å². The second-order valence-electron chi connectivity index (χ2n) is 6.43. The summed E-state index contributed by atoms with van der Waals surface area (Å²) in [7, 11) is 0. The summed E-state index contributed by atoms with van der Waals surface area (Å²) < 4.78 is 10.8. The van der Waals surface area contributed by atoms with Crippen LogP contribution < -0.4 is 10.1 Å². The lowest BCUT2D eigenvalue weighted by molar-refractivity contribution is 0.0527. The number of anilines is 1. The van der Waals surface area contributed by atoms with E-state index in [-0.39, 0.29) is 18.0 Å². The molecule has 0 aliphatic heterocycles. The van der Waals surface area contributed by atoms with Crippen molar-refractivity contribution in [3.63, 3.8) is 0 Å². The van der Waals surface area contributed by atoms with Crippen LogP contribution in [0.25, 0.3) is 0 Å². The van der Waals surface area contributed by atoms with Crippen molar-refractivity contribution in [2.45, 2.75) is 46.1 Å². The molecule has 1 aliphatic rings. The maximum absolute atomic E-state index is 12.6. The fraction of sp³-hybridized carbons (Fsp3) is 0.400. The number of ether oxygens (including phenoxy) is 2. The van der Waals surface area contributed by atoms with Gasteiger partial charge in [-0.15, -0.1) is 11.3 Å². The summed E-state index contributed by atoms with van der Waals surface area (Å²) in [5.41, 5.74) is 2.08. The van der Waals surface area contributed by atoms with Crippen LogP contribution in [0.1, 0.15) is 58.3 Å². The van der Waals surface area contributed by atoms with E-state index in [4.69, 9.17) is 9.47 Å². The first-order valence-electron chi connectivity index (χ1n) is 8.89. The van der Waals surface area contributed by atoms with Gasteiger partial charge < -0.3 is 14.8 Å². The molecule has 1 aromatic heterocycles. The summed E-state index contributed by atoms with van der Waals surface area (Å²) in [4.78, 5) is 26.1. The van der Waals surface area contributed by atoms with Crippen molar-refractivity contribution in [2.24, 2.45) is 0 Å². The number of carbonyl (C=O) groups is 2. The molecule has 0 saturated heterocycles. The topological polar surface area (TPSA) is 64.6 Å². The van der Waals surface area contributed by atoms with Crippen LogP contribution in [0.4, 0.5) is 5.00 Å². The van der Waals surface area contributed by atoms with Crippen LogP contribution in [0.5, 0.6) is 5.75 Å². The van der Waals surface area contributed by atoms with Crippen molar-refractivity contribution in [1.82, 2.24) is 0 Å². The highest BCUT2D eigenvalue weighted by molar-refractivity contribution is 7.17. The minimum atomic E-state index is -0.358. The molecule has 1 aromatic carbocycles. The lowest BCUT2D eigenvalue weighted by Crippen LogP contribution is -2.15. The molecule has 6 heteroatoms. The summed E-state index contributed by atoms with van der Waals surface area (Å²) in [6, 6.07) is 6.99. The minimum absolute atomic E-state index is 0.0790. The molecular formula is C20H23NO4S. The Morgan fingerprint density at radius 3 is 2.58 bits per heavy atom. The number of esters is 1. The predicted octanol–water partition coefficient (Wildman–Crippen LogP) is 4.45. The number of amides is 1. The molecule has 26 heavy (non-hydrogen) atoms. The standard InChI is InChI=1S/C20H23NO4S/c1-4-24-20(23)17-15-6-5-7-16(15)26-19(17)21-18(22)13-8-10-14(11-9-13)25-12(2)3/h8-12H,4-7H2,1-3H3,(H,21,22). The highest BCUT2D eigenvalue weighted by atomic mass is 32.1. The van der Waals surface area contributed by atoms with E-state index >= 15 is 0 Å². The average Bonchev–Trinajstić information content (AvgIpc) is 3.15. The maximum Gasteiger partial charge on any atom is 0.341 e. The number of fused-ring (bicyclic) bond motifs is 1. The number of carbonyl (C=O) groups excluding carboxylic acids is 2. The molecule has 3 rings (SSSR count). The Morgan fingerprint density at radius 2 is 1.92 bits per heavy atom. The fourth-order valence-electron chi connectivity index (χ4n) is 3.04. The van der Waals surface area contributed by atoms with Gasteiger partial charge in [-0.25, -0.2) is 4.79 Å². The zero-order valence-electron chi connectivity index (χ0n) is 15.3. The number of hydrogen-bond acceptors (Lipinski definition) is 5. The number of benzene rings is 1. The fourth-order valence-corrected chi connectivity index (χ4v) is 4.32. The molecular weight excluding hydrogens is 350 g/mol. The van der Waals surface area contributed by atoms with Gasteiger partial charge in [-0.2, -0.15) is 0 Å². The molecule has 0 spiro atoms. The zero-order chi connectivity index (χ0) is 18.7. The van der Waals surface area contributed by atoms with E-state index in [9.17, 15) is 9.59 Å². The summed E-state index contributed by atoms with van der Waals surface area (Å²) >= 11 is 1.48. The molecule has 2 aromatic rings. The third-order valence-electron chi connectivity index (χ3n) is 4.12. The summed E-state index contributed by atoms with van der Waals surface area (Å²) in [6.07, 6.45) is 2.93. The lowest BCUT2D eigenvalue weighted by atomic mass is 10.1. The van der Waals surface area contributed by atoms with E-state index in [0.29, 0.717) is 22.7 Å². The van der Waals surface area contributed by atoms with Crippen LogP contribution in [0.15, 0.2) is 24.3 Å². The first kappa shape index (κ1) is 18.5. The van der Waals surface area contributed by atoms with E-state index in [0.717, 1.165) is 30.6 Å². The van der Waals surface area contributed by atoms with Crippen molar-refractivity contribution in [2.75, 3.05) is 11.9 Å². The van der Waals surface area contributed by atoms with Gasteiger partial charge in [0, 0.05) is 10.4 Å². The highest BCUT2D eigenvalue weighted by Gasteiger charge is 2.28. The Balaban J connectivity index is 1.80. The quantitative estimate of drug-likeness (QED) is 0.760. The first-order chi connectivity index (χ1) is 12.5. The number of hydrogen-bond donors (Lipinski definition) is 1. The third kappa shape index (κ3) is 3.90. The number of rotatable bonds is 6. The van der Waals surface area contributed by atoms with E-state index in [1.807, 2.05) is 13.8 Å². The van der Waals surface area contributed by atoms with Crippen molar-refractivity contribution in [1.29, 1.82) is 0 Å². The minimum Gasteiger partial charge on any atom is -0.491 e. The molecule has 1 amide bonds. The van der Waals surface area contributed by atoms with Gasteiger partial charge in [0.05, 0.1) is 18.3 Å². The Morgan fingerprint density at radius 1 is 1.19 bits per heavy atom. The van der Waals surface area contributed by atoms with Crippen molar-refractivity contribution < 1.29 is 19.1 Å². The van der Waals surface area contributed by atoms with Gasteiger partial charge in [0.2, 0.25) is 0 Å². The molecule has 5 nitrogen and oxygen atoms in total. The number of aryl methyl sites for hydroxylation is 1. The summed E-state index contributed by atoms with van der Waals surface area (Å²) in [5, 5.41) is 3.48. The van der Waals surface area contributed by atoms with Gasteiger partial charge in [0.15, 0.2) is 0 Å². The molecule has 0 radical (unpaired) electrons. The number of nitrogens with one attached hydrogen (secondary N) is 1. The van der Waals surface area contributed by atoms with Crippen LogP contribution in [0.3, 0.4) is 0 Å². The molecule has 1 heterocycles. The summed E-state index contributed by atoms with van der Waals surface area (Å²) in [6.45, 7) is 6.00. The van der Waals surface area contributed by atoms with Crippen molar-refractivity contribution >= 4 is 28.2 Å². The van der Waals surface area contributed by atoms with Gasteiger partial charge in [0.25, 0.3) is 5.91 Å². The molecule has 1 N–H and O–H groups in total. The molecule has 138 valence electrons. The zero-order valence-corrected chi connectivity index (χ0v) is 16.1. The van der Waals surface area contributed by atoms with Gasteiger partial charge in [-0.05, 0) is 69.9 Å². The van der Waals surface area contributed by atoms with E-state index in [1.54, 1.807) is 31.2 Å². The normalized spacial score (nSPS) is 12.8. The largest absolute Gasteiger partial charge is 0.491 e. The Bertz CT molecular complexity index is 808. The van der Waals surface area contributed by atoms with Crippen molar-refractivity contribution in [3.05, 3.63) is 45.8 Å². The summed E-state index contributed by atoms with van der Waals surface area (Å²) in [5.74, 6) is 0.119. The highest BCUT2D eigenvalue weighted by Crippen LogP contribution is 2.39. The average molecular weight is 373 g/mol.